The van der Waals surface area contributed by atoms with E-state index < -0.39 is 12.1 Å². The van der Waals surface area contributed by atoms with Crippen molar-refractivity contribution in [3.8, 4) is 5.75 Å². The van der Waals surface area contributed by atoms with Gasteiger partial charge in [-0.1, -0.05) is 26.0 Å². The average Bonchev–Trinajstić information content (AvgIpc) is 2.40. The summed E-state index contributed by atoms with van der Waals surface area (Å²) in [5.41, 5.74) is -0.00493. The van der Waals surface area contributed by atoms with Gasteiger partial charge in [-0.25, -0.2) is 0 Å². The molecule has 21 heavy (non-hydrogen) atoms. The van der Waals surface area contributed by atoms with E-state index in [0.717, 1.165) is 0 Å². The molecule has 1 fully saturated rings. The summed E-state index contributed by atoms with van der Waals surface area (Å²) in [6, 6.07) is 5.53. The first-order valence-corrected chi connectivity index (χ1v) is 8.43. The number of ether oxygens (including phenoxy) is 1. The number of hydrogen-bond donors (Lipinski definition) is 0. The number of benzene rings is 1. The summed E-state index contributed by atoms with van der Waals surface area (Å²) >= 11 is 3.19. The largest absolute Gasteiger partial charge is 0.573 e. The predicted molar refractivity (Wildman–Crippen MR) is 80.2 cm³/mol. The van der Waals surface area contributed by atoms with Crippen molar-refractivity contribution < 1.29 is 22.7 Å². The van der Waals surface area contributed by atoms with Crippen molar-refractivity contribution in [3.05, 3.63) is 29.8 Å². The molecule has 1 aromatic carbocycles. The highest BCUT2D eigenvalue weighted by Crippen LogP contribution is 2.38. The topological polar surface area (TPSA) is 26.3 Å². The SMILES string of the molecule is CC1SCC(C(=O)c2ccccc2OC(F)(F)F)SC1C. The first kappa shape index (κ1) is 16.5. The number of hydrogen-bond acceptors (Lipinski definition) is 4. The van der Waals surface area contributed by atoms with Crippen LogP contribution >= 0.6 is 23.5 Å². The van der Waals surface area contributed by atoms with Gasteiger partial charge in [-0.05, 0) is 12.1 Å². The van der Waals surface area contributed by atoms with Crippen molar-refractivity contribution in [2.45, 2.75) is 36.0 Å². The van der Waals surface area contributed by atoms with Crippen molar-refractivity contribution in [2.75, 3.05) is 5.75 Å². The van der Waals surface area contributed by atoms with Gasteiger partial charge in [0.15, 0.2) is 5.78 Å². The zero-order valence-corrected chi connectivity index (χ0v) is 13.1. The van der Waals surface area contributed by atoms with E-state index in [-0.39, 0.29) is 21.8 Å². The molecular weight excluding hydrogens is 321 g/mol. The summed E-state index contributed by atoms with van der Waals surface area (Å²) < 4.78 is 41.1. The van der Waals surface area contributed by atoms with Crippen LogP contribution in [0.4, 0.5) is 13.2 Å². The molecule has 116 valence electrons. The zero-order valence-electron chi connectivity index (χ0n) is 11.5. The van der Waals surface area contributed by atoms with Gasteiger partial charge in [-0.2, -0.15) is 11.8 Å². The molecule has 7 heteroatoms. The molecule has 0 spiro atoms. The molecule has 0 aromatic heterocycles. The average molecular weight is 336 g/mol. The number of rotatable bonds is 3. The number of carbonyl (C=O) groups is 1. The number of halogens is 3. The van der Waals surface area contributed by atoms with Gasteiger partial charge in [0.25, 0.3) is 0 Å². The Balaban J connectivity index is 2.20. The summed E-state index contributed by atoms with van der Waals surface area (Å²) in [5.74, 6) is -0.118. The van der Waals surface area contributed by atoms with Gasteiger partial charge in [0.1, 0.15) is 5.75 Å². The van der Waals surface area contributed by atoms with E-state index in [1.54, 1.807) is 17.8 Å². The molecule has 1 aliphatic heterocycles. The second kappa shape index (κ2) is 6.52. The van der Waals surface area contributed by atoms with Crippen LogP contribution in [0.5, 0.6) is 5.75 Å². The number of alkyl halides is 3. The van der Waals surface area contributed by atoms with Crippen LogP contribution in [0.2, 0.25) is 0 Å². The van der Waals surface area contributed by atoms with E-state index in [0.29, 0.717) is 11.0 Å². The number of carbonyl (C=O) groups excluding carboxylic acids is 1. The minimum absolute atomic E-state index is 0.00493. The molecule has 3 atom stereocenters. The third kappa shape index (κ3) is 4.32. The molecule has 1 aromatic rings. The van der Waals surface area contributed by atoms with Gasteiger partial charge in [0, 0.05) is 16.3 Å². The Hall–Kier alpha value is -0.820. The van der Waals surface area contributed by atoms with Crippen LogP contribution in [0.3, 0.4) is 0 Å². The number of para-hydroxylation sites is 1. The van der Waals surface area contributed by atoms with Gasteiger partial charge in [0.2, 0.25) is 0 Å². The lowest BCUT2D eigenvalue weighted by atomic mass is 10.1. The molecule has 0 bridgehead atoms. The molecule has 1 saturated heterocycles. The van der Waals surface area contributed by atoms with Crippen molar-refractivity contribution in [3.63, 3.8) is 0 Å². The second-order valence-electron chi connectivity index (χ2n) is 4.78. The Morgan fingerprint density at radius 1 is 1.24 bits per heavy atom. The second-order valence-corrected chi connectivity index (χ2v) is 7.77. The molecule has 0 amide bonds. The van der Waals surface area contributed by atoms with E-state index in [1.807, 2.05) is 6.92 Å². The quantitative estimate of drug-likeness (QED) is 0.765. The van der Waals surface area contributed by atoms with Gasteiger partial charge in [0.05, 0.1) is 10.8 Å². The first-order valence-electron chi connectivity index (χ1n) is 6.44. The van der Waals surface area contributed by atoms with Gasteiger partial charge in [-0.3, -0.25) is 4.79 Å². The Labute approximate surface area is 129 Å². The summed E-state index contributed by atoms with van der Waals surface area (Å²) in [5, 5.41) is 0.383. The number of ketones is 1. The van der Waals surface area contributed by atoms with Gasteiger partial charge >= 0.3 is 6.36 Å². The smallest absolute Gasteiger partial charge is 0.405 e. The lowest BCUT2D eigenvalue weighted by molar-refractivity contribution is -0.274. The third-order valence-electron chi connectivity index (χ3n) is 3.22. The lowest BCUT2D eigenvalue weighted by Crippen LogP contribution is -2.32. The molecule has 0 N–H and O–H groups in total. The minimum atomic E-state index is -4.80. The normalized spacial score (nSPS) is 26.4. The van der Waals surface area contributed by atoms with Gasteiger partial charge in [-0.15, -0.1) is 24.9 Å². The monoisotopic (exact) mass is 336 g/mol. The Kier molecular flexibility index (Phi) is 5.14. The fourth-order valence-electron chi connectivity index (χ4n) is 1.98. The minimum Gasteiger partial charge on any atom is -0.405 e. The fourth-order valence-corrected chi connectivity index (χ4v) is 4.85. The van der Waals surface area contributed by atoms with Crippen LogP contribution in [0.25, 0.3) is 0 Å². The van der Waals surface area contributed by atoms with Crippen LogP contribution in [0.1, 0.15) is 24.2 Å². The Bertz CT molecular complexity index is 519. The lowest BCUT2D eigenvalue weighted by Gasteiger charge is -2.30. The molecule has 1 aliphatic rings. The van der Waals surface area contributed by atoms with E-state index in [4.69, 9.17) is 0 Å². The van der Waals surface area contributed by atoms with Crippen molar-refractivity contribution in [2.24, 2.45) is 0 Å². The van der Waals surface area contributed by atoms with Crippen LogP contribution < -0.4 is 4.74 Å². The molecule has 0 aliphatic carbocycles. The first-order chi connectivity index (χ1) is 9.78. The van der Waals surface area contributed by atoms with Crippen molar-refractivity contribution in [1.82, 2.24) is 0 Å². The van der Waals surface area contributed by atoms with E-state index in [2.05, 4.69) is 11.7 Å². The predicted octanol–water partition coefficient (Wildman–Crippen LogP) is 4.39. The highest BCUT2D eigenvalue weighted by Gasteiger charge is 2.35. The standard InChI is InChI=1S/C14H15F3O2S2/c1-8-9(2)21-12(7-20-8)13(18)10-5-3-4-6-11(10)19-14(15,16)17/h3-6,8-9,12H,7H2,1-2H3. The van der Waals surface area contributed by atoms with Crippen LogP contribution in [-0.4, -0.2) is 33.6 Å². The Morgan fingerprint density at radius 2 is 1.90 bits per heavy atom. The molecule has 1 heterocycles. The maximum absolute atomic E-state index is 12.5. The number of thioether (sulfide) groups is 2. The summed E-state index contributed by atoms with van der Waals surface area (Å²) in [6.45, 7) is 4.11. The molecule has 0 radical (unpaired) electrons. The van der Waals surface area contributed by atoms with E-state index in [1.165, 1.54) is 30.0 Å². The van der Waals surface area contributed by atoms with E-state index >= 15 is 0 Å². The van der Waals surface area contributed by atoms with Crippen LogP contribution in [-0.2, 0) is 0 Å². The van der Waals surface area contributed by atoms with Crippen LogP contribution in [0.15, 0.2) is 24.3 Å². The highest BCUT2D eigenvalue weighted by molar-refractivity contribution is 8.08. The maximum Gasteiger partial charge on any atom is 0.573 e. The molecule has 3 unspecified atom stereocenters. The van der Waals surface area contributed by atoms with Crippen LogP contribution in [0, 0.1) is 0 Å². The Morgan fingerprint density at radius 3 is 2.52 bits per heavy atom. The summed E-state index contributed by atoms with van der Waals surface area (Å²) in [4.78, 5) is 12.5. The number of Topliss-reactive ketones (excluding diaryl/α,β-unsaturated/α-hetero) is 1. The molecule has 2 nitrogen and oxygen atoms in total. The highest BCUT2D eigenvalue weighted by atomic mass is 32.2. The van der Waals surface area contributed by atoms with Gasteiger partial charge < -0.3 is 4.74 Å². The summed E-state index contributed by atoms with van der Waals surface area (Å²) in [7, 11) is 0. The van der Waals surface area contributed by atoms with E-state index in [9.17, 15) is 18.0 Å². The molecule has 2 rings (SSSR count). The zero-order chi connectivity index (χ0) is 15.6. The summed E-state index contributed by atoms with van der Waals surface area (Å²) in [6.07, 6.45) is -4.80. The molecule has 0 saturated carbocycles. The maximum atomic E-state index is 12.5. The van der Waals surface area contributed by atoms with Crippen molar-refractivity contribution in [1.29, 1.82) is 0 Å². The fraction of sp³-hybridized carbons (Fsp3) is 0.500. The van der Waals surface area contributed by atoms with Crippen molar-refractivity contribution >= 4 is 29.3 Å². The third-order valence-corrected chi connectivity index (χ3v) is 6.61. The molecular formula is C14H15F3O2S2.